The van der Waals surface area contributed by atoms with Gasteiger partial charge in [0, 0.05) is 26.2 Å². The van der Waals surface area contributed by atoms with Crippen molar-refractivity contribution < 1.29 is 13.9 Å². The molecule has 1 saturated heterocycles. The Bertz CT molecular complexity index is 1300. The number of ether oxygens (including phenoxy) is 1. The first-order valence-electron chi connectivity index (χ1n) is 12.6. The Balaban J connectivity index is 1.55. The van der Waals surface area contributed by atoms with Gasteiger partial charge in [0.1, 0.15) is 5.58 Å². The maximum atomic E-state index is 13.8. The average Bonchev–Trinajstić information content (AvgIpc) is 3.13. The zero-order valence-corrected chi connectivity index (χ0v) is 21.1. The SMILES string of the molecule is Cc1cc2oc3c(c(=O)c2cc1C)[C@@H](c1ccc(C(C)C)cc1)N(CCCN1CCOCC1)C3=O. The molecule has 5 rings (SSSR count). The lowest BCUT2D eigenvalue weighted by molar-refractivity contribution is 0.0353. The molecule has 184 valence electrons. The van der Waals surface area contributed by atoms with Gasteiger partial charge < -0.3 is 14.1 Å². The van der Waals surface area contributed by atoms with Crippen molar-refractivity contribution in [3.63, 3.8) is 0 Å². The lowest BCUT2D eigenvalue weighted by Crippen LogP contribution is -2.38. The Kier molecular flexibility index (Phi) is 6.51. The highest BCUT2D eigenvalue weighted by Gasteiger charge is 2.42. The van der Waals surface area contributed by atoms with Crippen molar-refractivity contribution in [1.29, 1.82) is 0 Å². The summed E-state index contributed by atoms with van der Waals surface area (Å²) in [6, 6.07) is 11.6. The van der Waals surface area contributed by atoms with Crippen LogP contribution in [0.2, 0.25) is 0 Å². The lowest BCUT2D eigenvalue weighted by atomic mass is 9.95. The van der Waals surface area contributed by atoms with Gasteiger partial charge in [0.2, 0.25) is 5.76 Å². The Hall–Kier alpha value is -2.96. The summed E-state index contributed by atoms with van der Waals surface area (Å²) in [6.45, 7) is 13.1. The molecule has 1 amide bonds. The van der Waals surface area contributed by atoms with E-state index in [1.807, 2.05) is 30.9 Å². The summed E-state index contributed by atoms with van der Waals surface area (Å²) in [4.78, 5) is 31.6. The van der Waals surface area contributed by atoms with Gasteiger partial charge in [-0.25, -0.2) is 0 Å². The molecule has 0 unspecified atom stereocenters. The van der Waals surface area contributed by atoms with Gasteiger partial charge in [-0.1, -0.05) is 38.1 Å². The predicted molar refractivity (Wildman–Crippen MR) is 137 cm³/mol. The third-order valence-electron chi connectivity index (χ3n) is 7.48. The van der Waals surface area contributed by atoms with Crippen LogP contribution in [0.5, 0.6) is 0 Å². The molecule has 2 aliphatic heterocycles. The molecule has 0 N–H and O–H groups in total. The number of fused-ring (bicyclic) bond motifs is 2. The van der Waals surface area contributed by atoms with Crippen molar-refractivity contribution in [2.75, 3.05) is 39.4 Å². The second-order valence-corrected chi connectivity index (χ2v) is 10.1. The molecular formula is C29H34N2O4. The minimum Gasteiger partial charge on any atom is -0.450 e. The molecule has 0 bridgehead atoms. The van der Waals surface area contributed by atoms with Crippen LogP contribution in [0.15, 0.2) is 45.6 Å². The number of carbonyl (C=O) groups excluding carboxylic acids is 1. The number of hydrogen-bond donors (Lipinski definition) is 0. The van der Waals surface area contributed by atoms with Gasteiger partial charge in [0.15, 0.2) is 5.43 Å². The number of benzene rings is 2. The van der Waals surface area contributed by atoms with E-state index in [9.17, 15) is 9.59 Å². The molecule has 1 fully saturated rings. The Morgan fingerprint density at radius 1 is 0.971 bits per heavy atom. The van der Waals surface area contributed by atoms with Gasteiger partial charge in [-0.15, -0.1) is 0 Å². The molecule has 0 saturated carbocycles. The summed E-state index contributed by atoms with van der Waals surface area (Å²) in [7, 11) is 0. The van der Waals surface area contributed by atoms with E-state index < -0.39 is 6.04 Å². The van der Waals surface area contributed by atoms with Gasteiger partial charge in [-0.2, -0.15) is 0 Å². The number of aryl methyl sites for hydroxylation is 2. The van der Waals surface area contributed by atoms with E-state index in [4.69, 9.17) is 9.15 Å². The van der Waals surface area contributed by atoms with Crippen LogP contribution < -0.4 is 5.43 Å². The second kappa shape index (κ2) is 9.59. The molecule has 0 radical (unpaired) electrons. The maximum Gasteiger partial charge on any atom is 0.290 e. The highest BCUT2D eigenvalue weighted by Crippen LogP contribution is 2.39. The van der Waals surface area contributed by atoms with Crippen LogP contribution >= 0.6 is 0 Å². The van der Waals surface area contributed by atoms with Crippen LogP contribution in [0.1, 0.15) is 70.6 Å². The number of amides is 1. The second-order valence-electron chi connectivity index (χ2n) is 10.1. The zero-order chi connectivity index (χ0) is 24.7. The summed E-state index contributed by atoms with van der Waals surface area (Å²) in [6.07, 6.45) is 0.826. The fourth-order valence-corrected chi connectivity index (χ4v) is 5.21. The van der Waals surface area contributed by atoms with E-state index in [-0.39, 0.29) is 17.1 Å². The molecule has 6 heteroatoms. The smallest absolute Gasteiger partial charge is 0.290 e. The quantitative estimate of drug-likeness (QED) is 0.514. The molecular weight excluding hydrogens is 440 g/mol. The lowest BCUT2D eigenvalue weighted by Gasteiger charge is -2.29. The standard InChI is InChI=1S/C29H34N2O4/c1-18(2)21-6-8-22(9-7-21)26-25-27(32)23-16-19(3)20(4)17-24(23)35-28(25)29(33)31(26)11-5-10-30-12-14-34-15-13-30/h6-9,16-18,26H,5,10-15H2,1-4H3/t26-/m1/s1. The van der Waals surface area contributed by atoms with E-state index in [0.717, 1.165) is 56.0 Å². The minimum atomic E-state index is -0.439. The van der Waals surface area contributed by atoms with Crippen LogP contribution in [0, 0.1) is 13.8 Å². The van der Waals surface area contributed by atoms with Gasteiger partial charge in [-0.3, -0.25) is 14.5 Å². The first-order chi connectivity index (χ1) is 16.8. The Morgan fingerprint density at radius 3 is 2.34 bits per heavy atom. The van der Waals surface area contributed by atoms with Crippen molar-refractivity contribution in [1.82, 2.24) is 9.80 Å². The number of hydrogen-bond acceptors (Lipinski definition) is 5. The molecule has 0 aliphatic carbocycles. The average molecular weight is 475 g/mol. The zero-order valence-electron chi connectivity index (χ0n) is 21.1. The first kappa shape index (κ1) is 23.8. The summed E-state index contributed by atoms with van der Waals surface area (Å²) < 4.78 is 11.6. The van der Waals surface area contributed by atoms with Crippen molar-refractivity contribution >= 4 is 16.9 Å². The van der Waals surface area contributed by atoms with Crippen molar-refractivity contribution in [3.05, 3.63) is 80.2 Å². The molecule has 6 nitrogen and oxygen atoms in total. The molecule has 35 heavy (non-hydrogen) atoms. The van der Waals surface area contributed by atoms with Gasteiger partial charge in [-0.05, 0) is 60.6 Å². The fraction of sp³-hybridized carbons (Fsp3) is 0.448. The normalized spacial score (nSPS) is 18.6. The predicted octanol–water partition coefficient (Wildman–Crippen LogP) is 4.80. The Labute approximate surface area is 206 Å². The molecule has 3 aromatic rings. The molecule has 3 heterocycles. The van der Waals surface area contributed by atoms with Crippen LogP contribution in [0.3, 0.4) is 0 Å². The van der Waals surface area contributed by atoms with E-state index >= 15 is 0 Å². The maximum absolute atomic E-state index is 13.8. The molecule has 0 spiro atoms. The fourth-order valence-electron chi connectivity index (χ4n) is 5.21. The Morgan fingerprint density at radius 2 is 1.66 bits per heavy atom. The number of rotatable bonds is 6. The number of nitrogens with zero attached hydrogens (tertiary/aromatic N) is 2. The minimum absolute atomic E-state index is 0.105. The molecule has 2 aromatic carbocycles. The third-order valence-corrected chi connectivity index (χ3v) is 7.48. The topological polar surface area (TPSA) is 63.0 Å². The summed E-state index contributed by atoms with van der Waals surface area (Å²) in [5.41, 5.74) is 5.09. The highest BCUT2D eigenvalue weighted by molar-refractivity contribution is 5.99. The van der Waals surface area contributed by atoms with Crippen LogP contribution in [-0.4, -0.2) is 55.1 Å². The van der Waals surface area contributed by atoms with Crippen molar-refractivity contribution in [2.24, 2.45) is 0 Å². The highest BCUT2D eigenvalue weighted by atomic mass is 16.5. The van der Waals surface area contributed by atoms with Gasteiger partial charge in [0.25, 0.3) is 5.91 Å². The summed E-state index contributed by atoms with van der Waals surface area (Å²) >= 11 is 0. The number of morpholine rings is 1. The van der Waals surface area contributed by atoms with E-state index in [1.54, 1.807) is 0 Å². The van der Waals surface area contributed by atoms with Gasteiger partial charge in [0.05, 0.1) is 30.2 Å². The molecule has 1 atom stereocenters. The largest absolute Gasteiger partial charge is 0.450 e. The van der Waals surface area contributed by atoms with Crippen LogP contribution in [0.25, 0.3) is 11.0 Å². The van der Waals surface area contributed by atoms with Crippen molar-refractivity contribution in [3.8, 4) is 0 Å². The van der Waals surface area contributed by atoms with E-state index in [1.165, 1.54) is 5.56 Å². The monoisotopic (exact) mass is 474 g/mol. The number of carbonyl (C=O) groups is 1. The van der Waals surface area contributed by atoms with E-state index in [2.05, 4.69) is 43.0 Å². The summed E-state index contributed by atoms with van der Waals surface area (Å²) in [5.74, 6) is 0.401. The first-order valence-corrected chi connectivity index (χ1v) is 12.6. The molecule has 2 aliphatic rings. The van der Waals surface area contributed by atoms with Crippen LogP contribution in [-0.2, 0) is 4.74 Å². The van der Waals surface area contributed by atoms with Crippen molar-refractivity contribution in [2.45, 2.75) is 46.1 Å². The van der Waals surface area contributed by atoms with Gasteiger partial charge >= 0.3 is 0 Å². The molecule has 1 aromatic heterocycles. The third kappa shape index (κ3) is 4.41. The summed E-state index contributed by atoms with van der Waals surface area (Å²) in [5, 5.41) is 0.540. The van der Waals surface area contributed by atoms with Crippen LogP contribution in [0.4, 0.5) is 0 Å². The van der Waals surface area contributed by atoms with E-state index in [0.29, 0.717) is 29.0 Å².